The molecule has 0 atom stereocenters. The number of fused-ring (bicyclic) bond motifs is 1. The van der Waals surface area contributed by atoms with Crippen LogP contribution in [0.3, 0.4) is 0 Å². The van der Waals surface area contributed by atoms with Crippen LogP contribution in [0.5, 0.6) is 0 Å². The van der Waals surface area contributed by atoms with Crippen LogP contribution < -0.4 is 10.6 Å². The van der Waals surface area contributed by atoms with E-state index in [4.69, 9.17) is 4.98 Å². The second-order valence-corrected chi connectivity index (χ2v) is 7.87. The summed E-state index contributed by atoms with van der Waals surface area (Å²) in [7, 11) is 0. The Bertz CT molecular complexity index is 1120. The number of pyridine rings is 1. The molecular formula is C23H21N3OS. The topological polar surface area (TPSA) is 54.0 Å². The normalized spacial score (nSPS) is 10.8. The summed E-state index contributed by atoms with van der Waals surface area (Å²) in [6, 6.07) is 19.8. The minimum atomic E-state index is -0.101. The van der Waals surface area contributed by atoms with E-state index < -0.39 is 0 Å². The highest BCUT2D eigenvalue weighted by Crippen LogP contribution is 2.24. The molecule has 2 heterocycles. The lowest BCUT2D eigenvalue weighted by atomic mass is 10.1. The van der Waals surface area contributed by atoms with Crippen LogP contribution in [0.15, 0.2) is 66.0 Å². The molecule has 0 spiro atoms. The summed E-state index contributed by atoms with van der Waals surface area (Å²) >= 11 is 1.63. The fourth-order valence-corrected chi connectivity index (χ4v) is 3.94. The van der Waals surface area contributed by atoms with E-state index in [1.54, 1.807) is 11.3 Å². The Hall–Kier alpha value is -3.18. The SMILES string of the molecule is Cc1cc(C)cc(Nc2cc(C(=O)NCc3cccs3)c3ccccc3n2)c1. The van der Waals surface area contributed by atoms with Crippen molar-refractivity contribution in [1.82, 2.24) is 10.3 Å². The first kappa shape index (κ1) is 18.2. The molecular weight excluding hydrogens is 366 g/mol. The van der Waals surface area contributed by atoms with Gasteiger partial charge in [-0.15, -0.1) is 11.3 Å². The third kappa shape index (κ3) is 4.05. The van der Waals surface area contributed by atoms with E-state index in [9.17, 15) is 4.79 Å². The van der Waals surface area contributed by atoms with Crippen LogP contribution in [-0.2, 0) is 6.54 Å². The molecule has 0 radical (unpaired) electrons. The molecule has 0 saturated heterocycles. The second-order valence-electron chi connectivity index (χ2n) is 6.84. The molecule has 4 aromatic rings. The summed E-state index contributed by atoms with van der Waals surface area (Å²) in [5, 5.41) is 9.23. The molecule has 0 aliphatic heterocycles. The van der Waals surface area contributed by atoms with Crippen molar-refractivity contribution in [3.05, 3.63) is 87.6 Å². The highest BCUT2D eigenvalue weighted by Gasteiger charge is 2.13. The number of carbonyl (C=O) groups excluding carboxylic acids is 1. The molecule has 0 aliphatic carbocycles. The number of carbonyl (C=O) groups is 1. The summed E-state index contributed by atoms with van der Waals surface area (Å²) in [5.74, 6) is 0.556. The van der Waals surface area contributed by atoms with Gasteiger partial charge in [0.1, 0.15) is 5.82 Å². The van der Waals surface area contributed by atoms with Crippen LogP contribution in [-0.4, -0.2) is 10.9 Å². The number of para-hydroxylation sites is 1. The van der Waals surface area contributed by atoms with Crippen molar-refractivity contribution in [2.45, 2.75) is 20.4 Å². The summed E-state index contributed by atoms with van der Waals surface area (Å²) in [6.07, 6.45) is 0. The molecule has 2 N–H and O–H groups in total. The summed E-state index contributed by atoms with van der Waals surface area (Å²) in [6.45, 7) is 4.65. The van der Waals surface area contributed by atoms with Gasteiger partial charge in [0.25, 0.3) is 5.91 Å². The van der Waals surface area contributed by atoms with Gasteiger partial charge in [0.15, 0.2) is 0 Å². The standard InChI is InChI=1S/C23H21N3OS/c1-15-10-16(2)12-17(11-15)25-22-13-20(19-7-3-4-8-21(19)26-22)23(27)24-14-18-6-5-9-28-18/h3-13H,14H2,1-2H3,(H,24,27)(H,25,26). The third-order valence-corrected chi connectivity index (χ3v) is 5.33. The molecule has 0 bridgehead atoms. The van der Waals surface area contributed by atoms with Gasteiger partial charge >= 0.3 is 0 Å². The second kappa shape index (κ2) is 7.82. The number of amides is 1. The van der Waals surface area contributed by atoms with Gasteiger partial charge in [-0.2, -0.15) is 0 Å². The molecule has 28 heavy (non-hydrogen) atoms. The van der Waals surface area contributed by atoms with E-state index in [0.29, 0.717) is 17.9 Å². The smallest absolute Gasteiger partial charge is 0.252 e. The van der Waals surface area contributed by atoms with Crippen molar-refractivity contribution in [2.24, 2.45) is 0 Å². The Balaban J connectivity index is 1.67. The molecule has 0 fully saturated rings. The molecule has 2 aromatic carbocycles. The number of thiophene rings is 1. The van der Waals surface area contributed by atoms with Crippen LogP contribution in [0, 0.1) is 13.8 Å². The molecule has 140 valence electrons. The van der Waals surface area contributed by atoms with Gasteiger partial charge in [-0.05, 0) is 60.7 Å². The first-order valence-electron chi connectivity index (χ1n) is 9.14. The maximum atomic E-state index is 12.9. The Morgan fingerprint density at radius 1 is 1.00 bits per heavy atom. The average Bonchev–Trinajstić information content (AvgIpc) is 3.18. The number of aryl methyl sites for hydroxylation is 2. The summed E-state index contributed by atoms with van der Waals surface area (Å²) < 4.78 is 0. The lowest BCUT2D eigenvalue weighted by Gasteiger charge is -2.12. The zero-order chi connectivity index (χ0) is 19.5. The largest absolute Gasteiger partial charge is 0.347 e. The van der Waals surface area contributed by atoms with Crippen molar-refractivity contribution in [1.29, 1.82) is 0 Å². The van der Waals surface area contributed by atoms with Gasteiger partial charge < -0.3 is 10.6 Å². The lowest BCUT2D eigenvalue weighted by Crippen LogP contribution is -2.22. The Kier molecular flexibility index (Phi) is 5.08. The van der Waals surface area contributed by atoms with E-state index >= 15 is 0 Å². The summed E-state index contributed by atoms with van der Waals surface area (Å²) in [5.41, 5.74) is 4.73. The number of nitrogens with one attached hydrogen (secondary N) is 2. The lowest BCUT2D eigenvalue weighted by molar-refractivity contribution is 0.0953. The fourth-order valence-electron chi connectivity index (χ4n) is 3.30. The van der Waals surface area contributed by atoms with E-state index in [-0.39, 0.29) is 5.91 Å². The van der Waals surface area contributed by atoms with Crippen molar-refractivity contribution >= 4 is 39.7 Å². The van der Waals surface area contributed by atoms with Gasteiger partial charge in [0.05, 0.1) is 17.6 Å². The van der Waals surface area contributed by atoms with Crippen LogP contribution >= 0.6 is 11.3 Å². The first-order chi connectivity index (χ1) is 13.6. The van der Waals surface area contributed by atoms with Gasteiger partial charge in [0, 0.05) is 16.0 Å². The maximum Gasteiger partial charge on any atom is 0.252 e. The fraction of sp³-hybridized carbons (Fsp3) is 0.130. The van der Waals surface area contributed by atoms with Gasteiger partial charge in [-0.3, -0.25) is 4.79 Å². The number of hydrogen-bond acceptors (Lipinski definition) is 4. The maximum absolute atomic E-state index is 12.9. The van der Waals surface area contributed by atoms with E-state index in [1.165, 1.54) is 11.1 Å². The summed E-state index contributed by atoms with van der Waals surface area (Å²) in [4.78, 5) is 18.7. The number of rotatable bonds is 5. The molecule has 0 unspecified atom stereocenters. The third-order valence-electron chi connectivity index (χ3n) is 4.46. The molecule has 1 amide bonds. The number of anilines is 2. The number of benzene rings is 2. The highest BCUT2D eigenvalue weighted by atomic mass is 32.1. The van der Waals surface area contributed by atoms with Crippen LogP contribution in [0.1, 0.15) is 26.4 Å². The Morgan fingerprint density at radius 3 is 2.54 bits per heavy atom. The molecule has 2 aromatic heterocycles. The van der Waals surface area contributed by atoms with Crippen molar-refractivity contribution in [2.75, 3.05) is 5.32 Å². The zero-order valence-corrected chi connectivity index (χ0v) is 16.6. The number of hydrogen-bond donors (Lipinski definition) is 2. The van der Waals surface area contributed by atoms with E-state index in [0.717, 1.165) is 21.5 Å². The van der Waals surface area contributed by atoms with Crippen LogP contribution in [0.4, 0.5) is 11.5 Å². The predicted molar refractivity (Wildman–Crippen MR) is 116 cm³/mol. The molecule has 0 saturated carbocycles. The minimum absolute atomic E-state index is 0.101. The first-order valence-corrected chi connectivity index (χ1v) is 10.0. The number of nitrogens with zero attached hydrogens (tertiary/aromatic N) is 1. The van der Waals surface area contributed by atoms with Crippen LogP contribution in [0.2, 0.25) is 0 Å². The van der Waals surface area contributed by atoms with Crippen molar-refractivity contribution < 1.29 is 4.79 Å². The highest BCUT2D eigenvalue weighted by molar-refractivity contribution is 7.09. The Morgan fingerprint density at radius 2 is 1.79 bits per heavy atom. The minimum Gasteiger partial charge on any atom is -0.347 e. The molecule has 0 aliphatic rings. The monoisotopic (exact) mass is 387 g/mol. The number of aromatic nitrogens is 1. The average molecular weight is 388 g/mol. The van der Waals surface area contributed by atoms with E-state index in [2.05, 4.69) is 42.7 Å². The van der Waals surface area contributed by atoms with Gasteiger partial charge in [-0.25, -0.2) is 4.98 Å². The van der Waals surface area contributed by atoms with E-state index in [1.807, 2.05) is 47.8 Å². The van der Waals surface area contributed by atoms with Gasteiger partial charge in [0.2, 0.25) is 0 Å². The Labute approximate surface area is 168 Å². The van der Waals surface area contributed by atoms with Gasteiger partial charge in [-0.1, -0.05) is 30.3 Å². The molecule has 5 heteroatoms. The zero-order valence-electron chi connectivity index (χ0n) is 15.8. The quantitative estimate of drug-likeness (QED) is 0.469. The molecule has 4 nitrogen and oxygen atoms in total. The van der Waals surface area contributed by atoms with Crippen LogP contribution in [0.25, 0.3) is 10.9 Å². The van der Waals surface area contributed by atoms with Crippen molar-refractivity contribution in [3.8, 4) is 0 Å². The predicted octanol–water partition coefficient (Wildman–Crippen LogP) is 5.59. The molecule has 4 rings (SSSR count). The van der Waals surface area contributed by atoms with Crippen molar-refractivity contribution in [3.63, 3.8) is 0 Å².